The third-order valence-corrected chi connectivity index (χ3v) is 4.19. The maximum Gasteiger partial charge on any atom is 0.0825 e. The summed E-state index contributed by atoms with van der Waals surface area (Å²) in [5, 5.41) is 0. The van der Waals surface area contributed by atoms with E-state index >= 15 is 0 Å². The van der Waals surface area contributed by atoms with Gasteiger partial charge in [-0.3, -0.25) is 0 Å². The van der Waals surface area contributed by atoms with E-state index in [9.17, 15) is 0 Å². The number of methoxy groups -OCH3 is 1. The summed E-state index contributed by atoms with van der Waals surface area (Å²) in [7, 11) is 1.82. The first-order chi connectivity index (χ1) is 9.08. The Kier molecular flexibility index (Phi) is 4.48. The van der Waals surface area contributed by atoms with E-state index in [0.717, 1.165) is 25.9 Å². The molecule has 0 saturated carbocycles. The highest BCUT2D eigenvalue weighted by molar-refractivity contribution is 5.55. The molecule has 0 bridgehead atoms. The van der Waals surface area contributed by atoms with Gasteiger partial charge < -0.3 is 15.4 Å². The number of hydrogen-bond acceptors (Lipinski definition) is 3. The smallest absolute Gasteiger partial charge is 0.0825 e. The lowest BCUT2D eigenvalue weighted by molar-refractivity contribution is -0.00467. The maximum atomic E-state index is 5.67. The van der Waals surface area contributed by atoms with E-state index in [1.165, 1.54) is 23.2 Å². The maximum absolute atomic E-state index is 5.67. The molecule has 1 aromatic rings. The number of benzene rings is 1. The van der Waals surface area contributed by atoms with E-state index < -0.39 is 0 Å². The highest BCUT2D eigenvalue weighted by atomic mass is 16.5. The molecule has 106 valence electrons. The van der Waals surface area contributed by atoms with Crippen LogP contribution in [0.3, 0.4) is 0 Å². The quantitative estimate of drug-likeness (QED) is 0.906. The van der Waals surface area contributed by atoms with Crippen molar-refractivity contribution in [2.24, 2.45) is 5.73 Å². The minimum absolute atomic E-state index is 0.0133. The third-order valence-electron chi connectivity index (χ3n) is 4.19. The van der Waals surface area contributed by atoms with Gasteiger partial charge in [-0.2, -0.15) is 0 Å². The zero-order valence-electron chi connectivity index (χ0n) is 12.4. The molecule has 0 aliphatic carbocycles. The van der Waals surface area contributed by atoms with Gasteiger partial charge in [0.05, 0.1) is 5.60 Å². The van der Waals surface area contributed by atoms with Crippen LogP contribution in [-0.2, 0) is 11.2 Å². The number of hydrogen-bond donors (Lipinski definition) is 1. The predicted octanol–water partition coefficient (Wildman–Crippen LogP) is 2.50. The van der Waals surface area contributed by atoms with Crippen LogP contribution in [0.15, 0.2) is 18.2 Å². The van der Waals surface area contributed by atoms with E-state index in [4.69, 9.17) is 10.5 Å². The first-order valence-corrected chi connectivity index (χ1v) is 7.18. The van der Waals surface area contributed by atoms with Gasteiger partial charge in [0.25, 0.3) is 0 Å². The van der Waals surface area contributed by atoms with Crippen LogP contribution in [0.4, 0.5) is 5.69 Å². The molecule has 1 atom stereocenters. The van der Waals surface area contributed by atoms with E-state index in [0.29, 0.717) is 6.54 Å². The molecular formula is C16H26N2O. The van der Waals surface area contributed by atoms with Crippen molar-refractivity contribution >= 4 is 5.69 Å². The number of rotatable bonds is 4. The Hall–Kier alpha value is -1.06. The van der Waals surface area contributed by atoms with Crippen LogP contribution in [0.25, 0.3) is 0 Å². The summed E-state index contributed by atoms with van der Waals surface area (Å²) in [6, 6.07) is 6.70. The van der Waals surface area contributed by atoms with Crippen LogP contribution in [0.2, 0.25) is 0 Å². The van der Waals surface area contributed by atoms with Gasteiger partial charge in [0, 0.05) is 25.9 Å². The summed E-state index contributed by atoms with van der Waals surface area (Å²) in [6.45, 7) is 7.20. The molecule has 0 radical (unpaired) electrons. The van der Waals surface area contributed by atoms with E-state index in [-0.39, 0.29) is 5.60 Å². The van der Waals surface area contributed by atoms with Crippen molar-refractivity contribution in [3.63, 3.8) is 0 Å². The van der Waals surface area contributed by atoms with E-state index in [1.54, 1.807) is 0 Å². The van der Waals surface area contributed by atoms with Crippen molar-refractivity contribution in [2.75, 3.05) is 31.6 Å². The summed E-state index contributed by atoms with van der Waals surface area (Å²) in [6.07, 6.45) is 3.29. The first-order valence-electron chi connectivity index (χ1n) is 7.18. The highest BCUT2D eigenvalue weighted by Crippen LogP contribution is 2.30. The molecule has 0 amide bonds. The average molecular weight is 262 g/mol. The molecule has 1 heterocycles. The molecule has 3 nitrogen and oxygen atoms in total. The SMILES string of the molecule is COC1(C)CCCN(c2ccc(CCN)cc2C)C1. The van der Waals surface area contributed by atoms with E-state index in [2.05, 4.69) is 36.9 Å². The van der Waals surface area contributed by atoms with Crippen molar-refractivity contribution in [1.29, 1.82) is 0 Å². The Morgan fingerprint density at radius 1 is 1.42 bits per heavy atom. The highest BCUT2D eigenvalue weighted by Gasteiger charge is 2.31. The fourth-order valence-corrected chi connectivity index (χ4v) is 2.97. The van der Waals surface area contributed by atoms with Gasteiger partial charge >= 0.3 is 0 Å². The molecule has 3 heteroatoms. The first kappa shape index (κ1) is 14.4. The minimum atomic E-state index is -0.0133. The van der Waals surface area contributed by atoms with Gasteiger partial charge in [-0.1, -0.05) is 12.1 Å². The lowest BCUT2D eigenvalue weighted by atomic mass is 9.93. The molecule has 1 aliphatic heterocycles. The number of piperidine rings is 1. The Balaban J connectivity index is 2.17. The number of nitrogens with two attached hydrogens (primary N) is 1. The van der Waals surface area contributed by atoms with Crippen LogP contribution in [0.5, 0.6) is 0 Å². The topological polar surface area (TPSA) is 38.5 Å². The van der Waals surface area contributed by atoms with Crippen LogP contribution in [0, 0.1) is 6.92 Å². The van der Waals surface area contributed by atoms with Crippen LogP contribution in [0.1, 0.15) is 30.9 Å². The molecule has 1 unspecified atom stereocenters. The zero-order chi connectivity index (χ0) is 13.9. The van der Waals surface area contributed by atoms with Gasteiger partial charge in [-0.15, -0.1) is 0 Å². The third kappa shape index (κ3) is 3.28. The summed E-state index contributed by atoms with van der Waals surface area (Å²) in [4.78, 5) is 2.45. The lowest BCUT2D eigenvalue weighted by Crippen LogP contribution is -2.47. The molecule has 1 fully saturated rings. The number of aryl methyl sites for hydroxylation is 1. The standard InChI is InChI=1S/C16H26N2O/c1-13-11-14(7-9-17)5-6-15(13)18-10-4-8-16(2,12-18)19-3/h5-6,11H,4,7-10,12,17H2,1-3H3. The fraction of sp³-hybridized carbons (Fsp3) is 0.625. The van der Waals surface area contributed by atoms with Gasteiger partial charge in [-0.25, -0.2) is 0 Å². The van der Waals surface area contributed by atoms with Gasteiger partial charge in [-0.05, 0) is 56.8 Å². The molecule has 1 saturated heterocycles. The van der Waals surface area contributed by atoms with Gasteiger partial charge in [0.15, 0.2) is 0 Å². The molecule has 1 aliphatic rings. The number of nitrogens with zero attached hydrogens (tertiary/aromatic N) is 1. The Bertz CT molecular complexity index is 433. The van der Waals surface area contributed by atoms with Crippen molar-refractivity contribution in [1.82, 2.24) is 0 Å². The summed E-state index contributed by atoms with van der Waals surface area (Å²) >= 11 is 0. The van der Waals surface area contributed by atoms with Crippen LogP contribution in [-0.4, -0.2) is 32.3 Å². The number of anilines is 1. The zero-order valence-corrected chi connectivity index (χ0v) is 12.4. The molecular weight excluding hydrogens is 236 g/mol. The Morgan fingerprint density at radius 2 is 2.21 bits per heavy atom. The summed E-state index contributed by atoms with van der Waals surface area (Å²) in [5.74, 6) is 0. The molecule has 2 N–H and O–H groups in total. The lowest BCUT2D eigenvalue weighted by Gasteiger charge is -2.41. The van der Waals surface area contributed by atoms with Crippen molar-refractivity contribution in [2.45, 2.75) is 38.7 Å². The normalized spacial score (nSPS) is 23.7. The van der Waals surface area contributed by atoms with E-state index in [1.807, 2.05) is 7.11 Å². The summed E-state index contributed by atoms with van der Waals surface area (Å²) < 4.78 is 5.67. The Morgan fingerprint density at radius 3 is 2.84 bits per heavy atom. The average Bonchev–Trinajstić information content (AvgIpc) is 2.39. The monoisotopic (exact) mass is 262 g/mol. The second kappa shape index (κ2) is 5.93. The minimum Gasteiger partial charge on any atom is -0.377 e. The number of ether oxygens (including phenoxy) is 1. The summed E-state index contributed by atoms with van der Waals surface area (Å²) in [5.41, 5.74) is 9.61. The van der Waals surface area contributed by atoms with Crippen LogP contribution >= 0.6 is 0 Å². The molecule has 2 rings (SSSR count). The van der Waals surface area contributed by atoms with Crippen molar-refractivity contribution in [3.05, 3.63) is 29.3 Å². The predicted molar refractivity (Wildman–Crippen MR) is 80.8 cm³/mol. The second-order valence-corrected chi connectivity index (χ2v) is 5.84. The second-order valence-electron chi connectivity index (χ2n) is 5.84. The fourth-order valence-electron chi connectivity index (χ4n) is 2.97. The van der Waals surface area contributed by atoms with Crippen LogP contribution < -0.4 is 10.6 Å². The molecule has 19 heavy (non-hydrogen) atoms. The largest absolute Gasteiger partial charge is 0.377 e. The molecule has 1 aromatic carbocycles. The van der Waals surface area contributed by atoms with Gasteiger partial charge in [0.1, 0.15) is 0 Å². The Labute approximate surface area is 116 Å². The molecule has 0 aromatic heterocycles. The van der Waals surface area contributed by atoms with Gasteiger partial charge in [0.2, 0.25) is 0 Å². The van der Waals surface area contributed by atoms with Crippen molar-refractivity contribution in [3.8, 4) is 0 Å². The molecule has 0 spiro atoms. The van der Waals surface area contributed by atoms with Crippen molar-refractivity contribution < 1.29 is 4.74 Å².